The van der Waals surface area contributed by atoms with Crippen molar-refractivity contribution in [3.8, 4) is 11.8 Å². The first-order valence-corrected chi connectivity index (χ1v) is 6.00. The summed E-state index contributed by atoms with van der Waals surface area (Å²) in [4.78, 5) is 18.6. The summed E-state index contributed by atoms with van der Waals surface area (Å²) in [6.07, 6.45) is 1.49. The largest absolute Gasteiger partial charge is 0.324 e. The molecule has 0 aliphatic heterocycles. The number of carbonyl (C=O) groups excluding carboxylic acids is 1. The lowest BCUT2D eigenvalue weighted by Gasteiger charge is -2.03. The highest BCUT2D eigenvalue weighted by atomic mass is 35.5. The third-order valence-corrected chi connectivity index (χ3v) is 2.42. The van der Waals surface area contributed by atoms with Gasteiger partial charge in [-0.25, -0.2) is 14.4 Å². The molecule has 0 saturated heterocycles. The third kappa shape index (κ3) is 3.77. The van der Waals surface area contributed by atoms with Gasteiger partial charge in [-0.1, -0.05) is 5.92 Å². The Morgan fingerprint density at radius 2 is 2.15 bits per heavy atom. The highest BCUT2D eigenvalue weighted by molar-refractivity contribution is 6.28. The summed E-state index contributed by atoms with van der Waals surface area (Å²) < 4.78 is 13.4. The van der Waals surface area contributed by atoms with E-state index >= 15 is 0 Å². The van der Waals surface area contributed by atoms with Gasteiger partial charge in [0.25, 0.3) is 0 Å². The molecule has 0 radical (unpaired) electrons. The lowest BCUT2D eigenvalue weighted by molar-refractivity contribution is -0.114. The smallest absolute Gasteiger partial charge is 0.223 e. The molecule has 0 aliphatic carbocycles. The van der Waals surface area contributed by atoms with Crippen LogP contribution in [0.15, 0.2) is 30.5 Å². The second-order valence-electron chi connectivity index (χ2n) is 3.84. The summed E-state index contributed by atoms with van der Waals surface area (Å²) in [5, 5.41) is 2.50. The van der Waals surface area contributed by atoms with E-state index in [9.17, 15) is 9.18 Å². The predicted molar refractivity (Wildman–Crippen MR) is 73.7 cm³/mol. The van der Waals surface area contributed by atoms with E-state index in [1.807, 2.05) is 0 Å². The molecular formula is C14H9ClFN3O. The molecule has 0 aliphatic rings. The molecule has 2 aromatic rings. The predicted octanol–water partition coefficient (Wildman–Crippen LogP) is 2.63. The number of nitrogens with zero attached hydrogens (tertiary/aromatic N) is 2. The normalized spacial score (nSPS) is 9.55. The van der Waals surface area contributed by atoms with E-state index in [0.717, 1.165) is 0 Å². The topological polar surface area (TPSA) is 54.9 Å². The van der Waals surface area contributed by atoms with Gasteiger partial charge in [0, 0.05) is 18.7 Å². The maximum Gasteiger partial charge on any atom is 0.223 e. The van der Waals surface area contributed by atoms with E-state index in [4.69, 9.17) is 11.6 Å². The van der Waals surface area contributed by atoms with Gasteiger partial charge in [-0.2, -0.15) is 0 Å². The van der Waals surface area contributed by atoms with Crippen molar-refractivity contribution in [2.24, 2.45) is 0 Å². The number of anilines is 1. The van der Waals surface area contributed by atoms with Crippen LogP contribution < -0.4 is 5.32 Å². The Morgan fingerprint density at radius 1 is 1.35 bits per heavy atom. The van der Waals surface area contributed by atoms with Crippen LogP contribution in [-0.4, -0.2) is 15.9 Å². The first kappa shape index (κ1) is 14.0. The van der Waals surface area contributed by atoms with Gasteiger partial charge in [-0.05, 0) is 41.8 Å². The van der Waals surface area contributed by atoms with Gasteiger partial charge < -0.3 is 5.32 Å². The van der Waals surface area contributed by atoms with E-state index in [1.54, 1.807) is 6.07 Å². The Kier molecular flexibility index (Phi) is 4.28. The van der Waals surface area contributed by atoms with Gasteiger partial charge in [0.05, 0.1) is 5.69 Å². The lowest BCUT2D eigenvalue weighted by Crippen LogP contribution is -2.07. The van der Waals surface area contributed by atoms with Gasteiger partial charge in [-0.15, -0.1) is 0 Å². The van der Waals surface area contributed by atoms with Crippen LogP contribution in [0.5, 0.6) is 0 Å². The van der Waals surface area contributed by atoms with Gasteiger partial charge in [0.15, 0.2) is 0 Å². The highest BCUT2D eigenvalue weighted by Crippen LogP contribution is 2.15. The Morgan fingerprint density at radius 3 is 2.85 bits per heavy atom. The van der Waals surface area contributed by atoms with E-state index in [-0.39, 0.29) is 16.9 Å². The Hall–Kier alpha value is -2.45. The minimum atomic E-state index is -0.518. The molecule has 2 rings (SSSR count). The summed E-state index contributed by atoms with van der Waals surface area (Å²) in [5.41, 5.74) is 1.09. The fourth-order valence-electron chi connectivity index (χ4n) is 1.43. The molecule has 4 nitrogen and oxygen atoms in total. The highest BCUT2D eigenvalue weighted by Gasteiger charge is 2.03. The molecule has 1 aromatic heterocycles. The van der Waals surface area contributed by atoms with Crippen LogP contribution in [-0.2, 0) is 4.79 Å². The number of nitrogens with one attached hydrogen (secondary N) is 1. The fraction of sp³-hybridized carbons (Fsp3) is 0.0714. The molecule has 6 heteroatoms. The van der Waals surface area contributed by atoms with Crippen LogP contribution in [0.3, 0.4) is 0 Å². The fourth-order valence-corrected chi connectivity index (χ4v) is 1.58. The van der Waals surface area contributed by atoms with Crippen LogP contribution in [0.1, 0.15) is 18.2 Å². The summed E-state index contributed by atoms with van der Waals surface area (Å²) in [7, 11) is 0. The van der Waals surface area contributed by atoms with Gasteiger partial charge in [-0.3, -0.25) is 4.79 Å². The molecule has 1 N–H and O–H groups in total. The summed E-state index contributed by atoms with van der Waals surface area (Å²) in [6.45, 7) is 1.31. The molecule has 1 amide bonds. The first-order chi connectivity index (χ1) is 9.54. The van der Waals surface area contributed by atoms with Crippen molar-refractivity contribution in [2.45, 2.75) is 6.92 Å². The summed E-state index contributed by atoms with van der Waals surface area (Å²) in [5.74, 6) is 4.73. The van der Waals surface area contributed by atoms with Crippen LogP contribution in [0.2, 0.25) is 5.28 Å². The maximum atomic E-state index is 13.4. The molecule has 0 bridgehead atoms. The third-order valence-electron chi connectivity index (χ3n) is 2.24. The van der Waals surface area contributed by atoms with Crippen LogP contribution in [0.4, 0.5) is 10.1 Å². The van der Waals surface area contributed by atoms with Crippen molar-refractivity contribution in [2.75, 3.05) is 5.32 Å². The van der Waals surface area contributed by atoms with Crippen molar-refractivity contribution in [1.29, 1.82) is 0 Å². The number of rotatable bonds is 1. The number of hydrogen-bond acceptors (Lipinski definition) is 3. The van der Waals surface area contributed by atoms with E-state index in [0.29, 0.717) is 11.3 Å². The molecule has 1 aromatic carbocycles. The van der Waals surface area contributed by atoms with Gasteiger partial charge in [0.2, 0.25) is 11.2 Å². The second kappa shape index (κ2) is 6.13. The molecule has 0 spiro atoms. The molecule has 20 heavy (non-hydrogen) atoms. The molecule has 0 atom stereocenters. The number of carbonyl (C=O) groups is 1. The minimum Gasteiger partial charge on any atom is -0.324 e. The van der Waals surface area contributed by atoms with Gasteiger partial charge in [0.1, 0.15) is 11.5 Å². The molecular weight excluding hydrogens is 281 g/mol. The summed E-state index contributed by atoms with van der Waals surface area (Å²) in [6, 6.07) is 5.81. The zero-order valence-electron chi connectivity index (χ0n) is 10.4. The minimum absolute atomic E-state index is 0.0880. The lowest BCUT2D eigenvalue weighted by atomic mass is 10.2. The second-order valence-corrected chi connectivity index (χ2v) is 4.17. The standard InChI is InChI=1S/C14H9ClFN3O/c1-9(20)18-13-8-10(3-5-12(13)16)2-4-11-6-7-17-14(15)19-11/h3,5-8H,1H3,(H,18,20). The van der Waals surface area contributed by atoms with Crippen LogP contribution >= 0.6 is 11.6 Å². The SMILES string of the molecule is CC(=O)Nc1cc(C#Cc2ccnc(Cl)n2)ccc1F. The van der Waals surface area contributed by atoms with Crippen molar-refractivity contribution < 1.29 is 9.18 Å². The number of amides is 1. The average molecular weight is 290 g/mol. The Balaban J connectivity index is 2.29. The van der Waals surface area contributed by atoms with Crippen molar-refractivity contribution >= 4 is 23.2 Å². The van der Waals surface area contributed by atoms with Crippen molar-refractivity contribution in [1.82, 2.24) is 9.97 Å². The van der Waals surface area contributed by atoms with Crippen molar-refractivity contribution in [3.05, 3.63) is 52.8 Å². The van der Waals surface area contributed by atoms with E-state index < -0.39 is 5.82 Å². The number of hydrogen-bond donors (Lipinski definition) is 1. The summed E-state index contributed by atoms with van der Waals surface area (Å²) >= 11 is 5.64. The van der Waals surface area contributed by atoms with E-state index in [2.05, 4.69) is 27.1 Å². The van der Waals surface area contributed by atoms with Gasteiger partial charge >= 0.3 is 0 Å². The van der Waals surface area contributed by atoms with Crippen molar-refractivity contribution in [3.63, 3.8) is 0 Å². The van der Waals surface area contributed by atoms with Crippen LogP contribution in [0, 0.1) is 17.7 Å². The monoisotopic (exact) mass is 289 g/mol. The Bertz CT molecular complexity index is 722. The number of aromatic nitrogens is 2. The van der Waals surface area contributed by atoms with Crippen LogP contribution in [0.25, 0.3) is 0 Å². The first-order valence-electron chi connectivity index (χ1n) is 5.62. The number of benzene rings is 1. The molecule has 0 unspecified atom stereocenters. The maximum absolute atomic E-state index is 13.4. The zero-order chi connectivity index (χ0) is 14.5. The quantitative estimate of drug-likeness (QED) is 0.648. The molecule has 100 valence electrons. The zero-order valence-corrected chi connectivity index (χ0v) is 11.2. The Labute approximate surface area is 120 Å². The molecule has 1 heterocycles. The molecule has 0 fully saturated rings. The van der Waals surface area contributed by atoms with E-state index in [1.165, 1.54) is 31.3 Å². The average Bonchev–Trinajstić information content (AvgIpc) is 2.39. The molecule has 0 saturated carbocycles. The number of halogens is 2.